The molecule has 0 bridgehead atoms. The number of benzene rings is 2. The van der Waals surface area contributed by atoms with E-state index < -0.39 is 84.5 Å². The van der Waals surface area contributed by atoms with Crippen LogP contribution in [-0.2, 0) is 59.8 Å². The van der Waals surface area contributed by atoms with Crippen LogP contribution in [-0.4, -0.2) is 180 Å². The number of likely N-dealkylation sites (N-methyl/N-ethyl adjacent to an activating group) is 1. The molecule has 27 heteroatoms. The van der Waals surface area contributed by atoms with Gasteiger partial charge in [0.2, 0.25) is 35.4 Å². The number of halogens is 2. The van der Waals surface area contributed by atoms with Crippen LogP contribution in [0.25, 0.3) is 10.9 Å². The number of rotatable bonds is 24. The summed E-state index contributed by atoms with van der Waals surface area (Å²) in [6, 6.07) is 4.60. The van der Waals surface area contributed by atoms with E-state index in [1.807, 2.05) is 4.90 Å². The third-order valence-corrected chi connectivity index (χ3v) is 14.2. The van der Waals surface area contributed by atoms with E-state index in [0.29, 0.717) is 36.3 Å². The lowest BCUT2D eigenvalue weighted by Gasteiger charge is -2.37. The molecule has 4 aliphatic heterocycles. The van der Waals surface area contributed by atoms with Crippen molar-refractivity contribution in [2.75, 3.05) is 72.9 Å². The molecule has 74 heavy (non-hydrogen) atoms. The minimum absolute atomic E-state index is 0.0427. The molecule has 0 radical (unpaired) electrons. The van der Waals surface area contributed by atoms with Crippen LogP contribution >= 0.6 is 7.60 Å². The Morgan fingerprint density at radius 3 is 2.35 bits per heavy atom. The summed E-state index contributed by atoms with van der Waals surface area (Å²) in [6.45, 7) is 2.18. The number of fused-ring (bicyclic) bond motifs is 3. The monoisotopic (exact) mass is 1060 g/mol. The third kappa shape index (κ3) is 13.3. The van der Waals surface area contributed by atoms with Crippen molar-refractivity contribution in [1.82, 2.24) is 41.0 Å². The predicted octanol–water partition coefficient (Wildman–Crippen LogP) is -0.0553. The van der Waals surface area contributed by atoms with Crippen molar-refractivity contribution >= 4 is 65.8 Å². The summed E-state index contributed by atoms with van der Waals surface area (Å²) >= 11 is 0. The SMILES string of the molecule is CN1CC[C@H]2CC[C@@H](C(=O)N[C@@H](CCC(N)=O)C(=O)NCCOCCOCCOCCOc3cccc4c3CN(C3CCC(=O)NC3=O)C4=O)N2C(=O)[C@@H](NC(=O)c2cc3cc(C(F)(F)P(=O)(O)O)ccc3[nH]2)C1. The van der Waals surface area contributed by atoms with Crippen molar-refractivity contribution in [2.45, 2.75) is 87.4 Å². The molecule has 2 aromatic carbocycles. The number of amides is 8. The molecule has 9 N–H and O–H groups in total. The van der Waals surface area contributed by atoms with Gasteiger partial charge in [0, 0.05) is 59.6 Å². The second-order valence-corrected chi connectivity index (χ2v) is 20.0. The van der Waals surface area contributed by atoms with Crippen LogP contribution in [0.2, 0.25) is 0 Å². The standard InChI is InChI=1S/C47H60F2N9O15P/c1-56-15-13-29-6-9-37(58(29)46(66)35(26-56)54-42(62)34-24-27-23-28(5-7-32(27)52-34)47(48,49)74(67,68)69)44(64)53-33(8-11-39(50)59)41(61)51-14-16-70-17-18-71-19-20-72-21-22-73-38-4-2-3-30-31(38)25-57(45(30)65)36-10-12-40(60)55-43(36)63/h2-5,7,23-24,29,33,35-37,52H,6,8-22,25-26H2,1H3,(H2,50,59)(H,51,61)(H,53,64)(H,54,62)(H,55,60,63)(H2,67,68,69)/t29-,33+,35+,36?,37+/m1/s1. The summed E-state index contributed by atoms with van der Waals surface area (Å²) in [5.74, 6) is -3.97. The van der Waals surface area contributed by atoms with Crippen molar-refractivity contribution in [3.8, 4) is 5.75 Å². The molecule has 5 atom stereocenters. The summed E-state index contributed by atoms with van der Waals surface area (Å²) in [7, 11) is -4.09. The van der Waals surface area contributed by atoms with Crippen LogP contribution in [0.5, 0.6) is 5.75 Å². The summed E-state index contributed by atoms with van der Waals surface area (Å²) in [4.78, 5) is 130. The number of H-pyrrole nitrogens is 1. The molecular weight excluding hydrogens is 1000 g/mol. The average Bonchev–Trinajstić information content (AvgIpc) is 4.07. The molecular formula is C47H60F2N9O15P. The maximum atomic E-state index is 14.4. The predicted molar refractivity (Wildman–Crippen MR) is 255 cm³/mol. The van der Waals surface area contributed by atoms with Gasteiger partial charge in [-0.05, 0) is 76.0 Å². The van der Waals surface area contributed by atoms with Gasteiger partial charge in [0.05, 0.1) is 46.2 Å². The summed E-state index contributed by atoms with van der Waals surface area (Å²) in [6.07, 6.45) is 1.25. The van der Waals surface area contributed by atoms with Crippen molar-refractivity contribution < 1.29 is 80.4 Å². The average molecular weight is 1060 g/mol. The van der Waals surface area contributed by atoms with Gasteiger partial charge in [-0.2, -0.15) is 8.78 Å². The Balaban J connectivity index is 0.819. The highest BCUT2D eigenvalue weighted by Crippen LogP contribution is 2.59. The first-order valence-corrected chi connectivity index (χ1v) is 25.7. The molecule has 1 unspecified atom stereocenters. The lowest BCUT2D eigenvalue weighted by Crippen LogP contribution is -2.61. The lowest BCUT2D eigenvalue weighted by atomic mass is 10.0. The minimum atomic E-state index is -5.86. The molecule has 0 aliphatic carbocycles. The van der Waals surface area contributed by atoms with Gasteiger partial charge in [0.1, 0.15) is 42.2 Å². The smallest absolute Gasteiger partial charge is 0.399 e. The zero-order valence-corrected chi connectivity index (χ0v) is 41.4. The van der Waals surface area contributed by atoms with Gasteiger partial charge < -0.3 is 70.1 Å². The molecule has 8 amide bonds. The molecule has 3 aromatic rings. The van der Waals surface area contributed by atoms with Gasteiger partial charge in [-0.15, -0.1) is 0 Å². The number of primary amides is 1. The molecule has 0 spiro atoms. The molecule has 1 aromatic heterocycles. The second kappa shape index (κ2) is 24.3. The van der Waals surface area contributed by atoms with Crippen LogP contribution in [0.4, 0.5) is 8.78 Å². The summed E-state index contributed by atoms with van der Waals surface area (Å²) < 4.78 is 62.9. The number of carbonyl (C=O) groups is 8. The summed E-state index contributed by atoms with van der Waals surface area (Å²) in [5.41, 5.74) is 1.15. The Labute approximate surface area is 422 Å². The van der Waals surface area contributed by atoms with E-state index in [0.717, 1.165) is 18.2 Å². The van der Waals surface area contributed by atoms with E-state index in [4.69, 9.17) is 24.7 Å². The first-order valence-electron chi connectivity index (χ1n) is 24.1. The first-order chi connectivity index (χ1) is 35.2. The second-order valence-electron chi connectivity index (χ2n) is 18.4. The normalized spacial score (nSPS) is 20.9. The largest absolute Gasteiger partial charge is 0.491 e. The molecule has 5 heterocycles. The van der Waals surface area contributed by atoms with Crippen LogP contribution in [0.1, 0.15) is 76.9 Å². The number of carbonyl (C=O) groups excluding carboxylic acids is 8. The Hall–Kier alpha value is -6.41. The fraction of sp³-hybridized carbons (Fsp3) is 0.532. The zero-order valence-electron chi connectivity index (χ0n) is 40.5. The van der Waals surface area contributed by atoms with Gasteiger partial charge >= 0.3 is 13.3 Å². The summed E-state index contributed by atoms with van der Waals surface area (Å²) in [5, 5.41) is 10.4. The zero-order chi connectivity index (χ0) is 53.3. The fourth-order valence-corrected chi connectivity index (χ4v) is 9.85. The van der Waals surface area contributed by atoms with Crippen LogP contribution in [0, 0.1) is 0 Å². The molecule has 3 saturated heterocycles. The number of imide groups is 1. The molecule has 7 rings (SSSR count). The topological polar surface area (TPSA) is 331 Å². The number of hydrogen-bond donors (Lipinski definition) is 8. The van der Waals surface area contributed by atoms with Gasteiger partial charge in [-0.3, -0.25) is 48.2 Å². The number of nitrogens with two attached hydrogens (primary N) is 1. The van der Waals surface area contributed by atoms with E-state index in [-0.39, 0.29) is 126 Å². The van der Waals surface area contributed by atoms with E-state index >= 15 is 0 Å². The lowest BCUT2D eigenvalue weighted by molar-refractivity contribution is -0.144. The van der Waals surface area contributed by atoms with Crippen LogP contribution < -0.4 is 31.7 Å². The van der Waals surface area contributed by atoms with Gasteiger partial charge in [0.15, 0.2) is 0 Å². The number of aromatic nitrogens is 1. The molecule has 24 nitrogen and oxygen atoms in total. The Morgan fingerprint density at radius 2 is 1.65 bits per heavy atom. The Morgan fingerprint density at radius 1 is 0.932 bits per heavy atom. The number of ether oxygens (including phenoxy) is 4. The number of nitrogens with one attached hydrogen (secondary N) is 5. The van der Waals surface area contributed by atoms with Gasteiger partial charge in [-0.1, -0.05) is 12.1 Å². The number of nitrogens with zero attached hydrogens (tertiary/aromatic N) is 3. The van der Waals surface area contributed by atoms with Gasteiger partial charge in [0.25, 0.3) is 11.8 Å². The van der Waals surface area contributed by atoms with E-state index in [2.05, 4.69) is 26.3 Å². The maximum Gasteiger partial charge on any atom is 0.399 e. The number of piperidine rings is 1. The fourth-order valence-electron chi connectivity index (χ4n) is 9.38. The number of alkyl halides is 2. The molecule has 0 saturated carbocycles. The molecule has 3 fully saturated rings. The van der Waals surface area contributed by atoms with Crippen molar-refractivity contribution in [3.05, 3.63) is 64.8 Å². The molecule has 402 valence electrons. The van der Waals surface area contributed by atoms with Crippen LogP contribution in [0.15, 0.2) is 42.5 Å². The Kier molecular flexibility index (Phi) is 18.2. The Bertz CT molecular complexity index is 2670. The van der Waals surface area contributed by atoms with Crippen LogP contribution in [0.3, 0.4) is 0 Å². The number of hydrogen-bond acceptors (Lipinski definition) is 14. The highest BCUT2D eigenvalue weighted by atomic mass is 31.2. The minimum Gasteiger partial charge on any atom is -0.491 e. The van der Waals surface area contributed by atoms with Crippen molar-refractivity contribution in [2.24, 2.45) is 5.73 Å². The van der Waals surface area contributed by atoms with Crippen molar-refractivity contribution in [1.29, 1.82) is 0 Å². The first kappa shape index (κ1) is 55.3. The van der Waals surface area contributed by atoms with Crippen molar-refractivity contribution in [3.63, 3.8) is 0 Å². The quantitative estimate of drug-likeness (QED) is 0.0331. The third-order valence-electron chi connectivity index (χ3n) is 13.2. The van der Waals surface area contributed by atoms with E-state index in [9.17, 15) is 61.5 Å². The highest BCUT2D eigenvalue weighted by molar-refractivity contribution is 7.52. The maximum absolute atomic E-state index is 14.4. The molecule has 4 aliphatic rings. The number of aromatic amines is 1. The highest BCUT2D eigenvalue weighted by Gasteiger charge is 2.51. The van der Waals surface area contributed by atoms with Gasteiger partial charge in [-0.25, -0.2) is 0 Å². The van der Waals surface area contributed by atoms with E-state index in [1.54, 1.807) is 25.2 Å². The van der Waals surface area contributed by atoms with E-state index in [1.165, 1.54) is 15.9 Å².